The van der Waals surface area contributed by atoms with Gasteiger partial charge in [0.1, 0.15) is 22.9 Å². The maximum Gasteiger partial charge on any atom is 0.257 e. The van der Waals surface area contributed by atoms with E-state index in [-0.39, 0.29) is 30.5 Å². The van der Waals surface area contributed by atoms with E-state index in [2.05, 4.69) is 5.32 Å². The molecule has 2 aliphatic heterocycles. The van der Waals surface area contributed by atoms with Crippen LogP contribution in [0.25, 0.3) is 0 Å². The minimum Gasteiger partial charge on any atom is -0.503 e. The van der Waals surface area contributed by atoms with Crippen LogP contribution >= 0.6 is 0 Å². The van der Waals surface area contributed by atoms with Crippen molar-refractivity contribution in [3.05, 3.63) is 63.1 Å². The number of aromatic nitrogens is 1. The number of hydrogen-bond donors (Lipinski definition) is 2. The molecule has 0 saturated carbocycles. The first-order chi connectivity index (χ1) is 16.1. The lowest BCUT2D eigenvalue weighted by atomic mass is 9.70. The molecule has 34 heavy (non-hydrogen) atoms. The standard InChI is InChI=1S/C24H26F2N2O6/c1-12-8-17-22(34-12)24(2,6-7-33-3)21(31)18-20(30)19(29)15(11-28(17)18)23(32)27-10-13-4-5-14(25)9-16(13)26/h4-5,9,11-12,17,22,30H,6-8,10H2,1-3H3,(H,27,32). The molecule has 0 spiro atoms. The highest BCUT2D eigenvalue weighted by atomic mass is 19.1. The minimum atomic E-state index is -1.03. The van der Waals surface area contributed by atoms with Gasteiger partial charge in [0, 0.05) is 38.1 Å². The number of Topliss-reactive ketones (excluding diaryl/α,β-unsaturated/α-hetero) is 1. The Kier molecular flexibility index (Phi) is 6.30. The molecule has 0 radical (unpaired) electrons. The third kappa shape index (κ3) is 3.90. The van der Waals surface area contributed by atoms with Gasteiger partial charge in [0.15, 0.2) is 11.5 Å². The van der Waals surface area contributed by atoms with Crippen molar-refractivity contribution in [2.24, 2.45) is 5.41 Å². The van der Waals surface area contributed by atoms with E-state index in [1.807, 2.05) is 6.92 Å². The zero-order chi connectivity index (χ0) is 24.8. The van der Waals surface area contributed by atoms with Crippen molar-refractivity contribution in [1.82, 2.24) is 9.88 Å². The largest absolute Gasteiger partial charge is 0.503 e. The number of aromatic hydroxyl groups is 1. The molecule has 1 saturated heterocycles. The molecule has 8 nitrogen and oxygen atoms in total. The van der Waals surface area contributed by atoms with E-state index < -0.39 is 57.6 Å². The summed E-state index contributed by atoms with van der Waals surface area (Å²) in [5.74, 6) is -3.73. The van der Waals surface area contributed by atoms with Gasteiger partial charge in [-0.1, -0.05) is 6.07 Å². The first-order valence-electron chi connectivity index (χ1n) is 11.0. The average Bonchev–Trinajstić information content (AvgIpc) is 3.19. The van der Waals surface area contributed by atoms with Crippen LogP contribution in [-0.4, -0.2) is 47.3 Å². The van der Waals surface area contributed by atoms with Crippen LogP contribution in [0.5, 0.6) is 5.75 Å². The van der Waals surface area contributed by atoms with Crippen LogP contribution in [0.1, 0.15) is 59.1 Å². The van der Waals surface area contributed by atoms with Crippen molar-refractivity contribution in [3.8, 4) is 5.75 Å². The number of ether oxygens (including phenoxy) is 2. The Morgan fingerprint density at radius 2 is 2.09 bits per heavy atom. The number of nitrogens with zero attached hydrogens (tertiary/aromatic N) is 1. The molecule has 4 rings (SSSR count). The van der Waals surface area contributed by atoms with Gasteiger partial charge in [-0.25, -0.2) is 8.78 Å². The van der Waals surface area contributed by atoms with Crippen LogP contribution in [-0.2, 0) is 16.0 Å². The van der Waals surface area contributed by atoms with E-state index in [0.717, 1.165) is 6.07 Å². The smallest absolute Gasteiger partial charge is 0.257 e. The normalized spacial score (nSPS) is 25.7. The Bertz CT molecular complexity index is 1210. The van der Waals surface area contributed by atoms with Gasteiger partial charge in [0.2, 0.25) is 5.43 Å². The van der Waals surface area contributed by atoms with Gasteiger partial charge in [-0.05, 0) is 32.8 Å². The molecule has 182 valence electrons. The number of methoxy groups -OCH3 is 1. The summed E-state index contributed by atoms with van der Waals surface area (Å²) >= 11 is 0. The molecular formula is C24H26F2N2O6. The molecule has 3 heterocycles. The average molecular weight is 476 g/mol. The Morgan fingerprint density at radius 3 is 2.76 bits per heavy atom. The summed E-state index contributed by atoms with van der Waals surface area (Å²) in [6.45, 7) is 3.59. The first-order valence-corrected chi connectivity index (χ1v) is 11.0. The number of rotatable bonds is 6. The maximum atomic E-state index is 13.9. The molecule has 1 amide bonds. The van der Waals surface area contributed by atoms with E-state index in [9.17, 15) is 28.3 Å². The van der Waals surface area contributed by atoms with Gasteiger partial charge in [-0.15, -0.1) is 0 Å². The van der Waals surface area contributed by atoms with Crippen LogP contribution in [0.3, 0.4) is 0 Å². The highest BCUT2D eigenvalue weighted by Gasteiger charge is 2.56. The Morgan fingerprint density at radius 1 is 1.35 bits per heavy atom. The molecule has 4 unspecified atom stereocenters. The summed E-state index contributed by atoms with van der Waals surface area (Å²) in [6.07, 6.45) is 1.37. The number of carbonyl (C=O) groups excluding carboxylic acids is 2. The van der Waals surface area contributed by atoms with Gasteiger partial charge < -0.3 is 24.5 Å². The molecule has 4 atom stereocenters. The van der Waals surface area contributed by atoms with Crippen LogP contribution in [0.4, 0.5) is 8.78 Å². The second-order valence-corrected chi connectivity index (χ2v) is 9.05. The first kappa shape index (κ1) is 24.0. The highest BCUT2D eigenvalue weighted by molar-refractivity contribution is 6.03. The van der Waals surface area contributed by atoms with Crippen LogP contribution in [0.15, 0.2) is 29.2 Å². The summed E-state index contributed by atoms with van der Waals surface area (Å²) in [7, 11) is 1.52. The fourth-order valence-corrected chi connectivity index (χ4v) is 4.87. The number of fused-ring (bicyclic) bond motifs is 3. The second-order valence-electron chi connectivity index (χ2n) is 9.05. The fourth-order valence-electron chi connectivity index (χ4n) is 4.87. The number of amides is 1. The van der Waals surface area contributed by atoms with E-state index in [0.29, 0.717) is 18.9 Å². The van der Waals surface area contributed by atoms with Crippen LogP contribution < -0.4 is 10.7 Å². The third-order valence-corrected chi connectivity index (χ3v) is 6.76. The van der Waals surface area contributed by atoms with E-state index in [4.69, 9.17) is 9.47 Å². The van der Waals surface area contributed by atoms with Crippen LogP contribution in [0, 0.1) is 17.0 Å². The summed E-state index contributed by atoms with van der Waals surface area (Å²) in [5.41, 5.74) is -2.56. The number of carbonyl (C=O) groups is 2. The van der Waals surface area contributed by atoms with Gasteiger partial charge in [0.25, 0.3) is 5.91 Å². The summed E-state index contributed by atoms with van der Waals surface area (Å²) in [5, 5.41) is 13.2. The summed E-state index contributed by atoms with van der Waals surface area (Å²) in [6, 6.07) is 2.54. The zero-order valence-electron chi connectivity index (χ0n) is 19.1. The lowest BCUT2D eigenvalue weighted by Gasteiger charge is -2.42. The van der Waals surface area contributed by atoms with Crippen molar-refractivity contribution in [2.75, 3.05) is 13.7 Å². The molecular weight excluding hydrogens is 450 g/mol. The summed E-state index contributed by atoms with van der Waals surface area (Å²) < 4.78 is 39.7. The minimum absolute atomic E-state index is 0.0270. The number of ketones is 1. The molecule has 1 fully saturated rings. The Balaban J connectivity index is 1.71. The number of nitrogens with one attached hydrogen (secondary N) is 1. The van der Waals surface area contributed by atoms with E-state index in [1.165, 1.54) is 23.9 Å². The third-order valence-electron chi connectivity index (χ3n) is 6.76. The second kappa shape index (κ2) is 8.92. The van der Waals surface area contributed by atoms with Crippen molar-refractivity contribution in [3.63, 3.8) is 0 Å². The number of pyridine rings is 1. The number of benzene rings is 1. The Hall–Kier alpha value is -3.11. The SMILES string of the molecule is COCCC1(C)C(=O)c2c(O)c(=O)c(C(=O)NCc3ccc(F)cc3F)cn2C2CC(C)OC21. The van der Waals surface area contributed by atoms with E-state index >= 15 is 0 Å². The van der Waals surface area contributed by atoms with Crippen molar-refractivity contribution < 1.29 is 33.0 Å². The van der Waals surface area contributed by atoms with Crippen molar-refractivity contribution in [1.29, 1.82) is 0 Å². The number of halogens is 2. The molecule has 2 aromatic rings. The fraction of sp³-hybridized carbons (Fsp3) is 0.458. The molecule has 1 aromatic heterocycles. The van der Waals surface area contributed by atoms with Gasteiger partial charge in [-0.3, -0.25) is 14.4 Å². The van der Waals surface area contributed by atoms with Gasteiger partial charge >= 0.3 is 0 Å². The maximum absolute atomic E-state index is 13.9. The predicted molar refractivity (Wildman–Crippen MR) is 117 cm³/mol. The highest BCUT2D eigenvalue weighted by Crippen LogP contribution is 2.49. The zero-order valence-corrected chi connectivity index (χ0v) is 19.1. The monoisotopic (exact) mass is 476 g/mol. The van der Waals surface area contributed by atoms with Crippen molar-refractivity contribution >= 4 is 11.7 Å². The van der Waals surface area contributed by atoms with Crippen molar-refractivity contribution in [2.45, 2.75) is 51.5 Å². The molecule has 2 N–H and O–H groups in total. The lowest BCUT2D eigenvalue weighted by molar-refractivity contribution is -0.0424. The Labute approximate surface area is 194 Å². The molecule has 1 aromatic carbocycles. The predicted octanol–water partition coefficient (Wildman–Crippen LogP) is 2.72. The lowest BCUT2D eigenvalue weighted by Crippen LogP contribution is -2.51. The topological polar surface area (TPSA) is 107 Å². The van der Waals surface area contributed by atoms with Gasteiger partial charge in [0.05, 0.1) is 23.7 Å². The summed E-state index contributed by atoms with van der Waals surface area (Å²) in [4.78, 5) is 39.2. The van der Waals surface area contributed by atoms with E-state index in [1.54, 1.807) is 6.92 Å². The van der Waals surface area contributed by atoms with Gasteiger partial charge in [-0.2, -0.15) is 0 Å². The molecule has 10 heteroatoms. The molecule has 2 aliphatic rings. The quantitative estimate of drug-likeness (QED) is 0.664. The van der Waals surface area contributed by atoms with Crippen LogP contribution in [0.2, 0.25) is 0 Å². The number of hydrogen-bond acceptors (Lipinski definition) is 6. The molecule has 0 aliphatic carbocycles. The molecule has 0 bridgehead atoms.